The molecular formula is C11H15FN2O2. The van der Waals surface area contributed by atoms with Gasteiger partial charge >= 0.3 is 0 Å². The van der Waals surface area contributed by atoms with Crippen molar-refractivity contribution < 1.29 is 9.31 Å². The monoisotopic (exact) mass is 226 g/mol. The van der Waals surface area contributed by atoms with Crippen molar-refractivity contribution in [2.24, 2.45) is 5.92 Å². The van der Waals surface area contributed by atoms with Crippen LogP contribution in [0, 0.1) is 28.8 Å². The van der Waals surface area contributed by atoms with Crippen LogP contribution in [-0.4, -0.2) is 11.5 Å². The number of anilines is 1. The van der Waals surface area contributed by atoms with Crippen molar-refractivity contribution >= 4 is 11.4 Å². The van der Waals surface area contributed by atoms with E-state index in [1.165, 1.54) is 6.07 Å². The molecule has 0 radical (unpaired) electrons. The van der Waals surface area contributed by atoms with Crippen molar-refractivity contribution in [3.05, 3.63) is 33.6 Å². The predicted octanol–water partition coefficient (Wildman–Crippen LogP) is 3.11. The number of nitrogens with one attached hydrogen (secondary N) is 1. The first-order valence-corrected chi connectivity index (χ1v) is 5.10. The third kappa shape index (κ3) is 2.92. The highest BCUT2D eigenvalue weighted by atomic mass is 19.1. The maximum absolute atomic E-state index is 13.2. The van der Waals surface area contributed by atoms with Gasteiger partial charge in [-0.15, -0.1) is 0 Å². The lowest BCUT2D eigenvalue weighted by Gasteiger charge is -2.10. The number of benzene rings is 1. The molecule has 0 heterocycles. The van der Waals surface area contributed by atoms with Crippen LogP contribution in [0.5, 0.6) is 0 Å². The molecular weight excluding hydrogens is 211 g/mol. The summed E-state index contributed by atoms with van der Waals surface area (Å²) in [5, 5.41) is 13.7. The molecule has 0 saturated carbocycles. The molecule has 0 saturated heterocycles. The summed E-state index contributed by atoms with van der Waals surface area (Å²) in [6, 6.07) is 2.42. The van der Waals surface area contributed by atoms with Crippen LogP contribution in [0.15, 0.2) is 12.1 Å². The lowest BCUT2D eigenvalue weighted by molar-refractivity contribution is -0.384. The largest absolute Gasteiger partial charge is 0.379 e. The highest BCUT2D eigenvalue weighted by Crippen LogP contribution is 2.27. The number of rotatable bonds is 4. The number of aryl methyl sites for hydroxylation is 1. The number of hydrogen-bond acceptors (Lipinski definition) is 3. The maximum Gasteiger partial charge on any atom is 0.295 e. The van der Waals surface area contributed by atoms with Gasteiger partial charge in [-0.3, -0.25) is 10.1 Å². The molecule has 16 heavy (non-hydrogen) atoms. The topological polar surface area (TPSA) is 55.2 Å². The van der Waals surface area contributed by atoms with Gasteiger partial charge in [-0.05, 0) is 24.5 Å². The van der Waals surface area contributed by atoms with Crippen LogP contribution in [0.3, 0.4) is 0 Å². The van der Waals surface area contributed by atoms with E-state index in [0.29, 0.717) is 23.7 Å². The van der Waals surface area contributed by atoms with E-state index in [-0.39, 0.29) is 5.69 Å². The van der Waals surface area contributed by atoms with Gasteiger partial charge in [0.25, 0.3) is 5.69 Å². The Morgan fingerprint density at radius 1 is 1.50 bits per heavy atom. The number of nitrogens with zero attached hydrogens (tertiary/aromatic N) is 1. The first-order chi connectivity index (χ1) is 7.41. The Bertz CT molecular complexity index is 405. The van der Waals surface area contributed by atoms with Crippen LogP contribution in [0.1, 0.15) is 19.4 Å². The Morgan fingerprint density at radius 3 is 2.62 bits per heavy atom. The molecule has 1 N–H and O–H groups in total. The zero-order valence-corrected chi connectivity index (χ0v) is 9.58. The fourth-order valence-corrected chi connectivity index (χ4v) is 1.28. The highest BCUT2D eigenvalue weighted by Gasteiger charge is 2.16. The third-order valence-corrected chi connectivity index (χ3v) is 2.17. The average molecular weight is 226 g/mol. The SMILES string of the molecule is Cc1cc(NCC(C)C)c([N+](=O)[O-])cc1F. The Balaban J connectivity index is 3.05. The summed E-state index contributed by atoms with van der Waals surface area (Å²) >= 11 is 0. The molecule has 0 unspecified atom stereocenters. The van der Waals surface area contributed by atoms with Gasteiger partial charge in [0, 0.05) is 6.54 Å². The molecule has 0 spiro atoms. The smallest absolute Gasteiger partial charge is 0.295 e. The van der Waals surface area contributed by atoms with Crippen LogP contribution in [0.4, 0.5) is 15.8 Å². The second-order valence-electron chi connectivity index (χ2n) is 4.15. The number of hydrogen-bond donors (Lipinski definition) is 1. The van der Waals surface area contributed by atoms with Crippen LogP contribution < -0.4 is 5.32 Å². The summed E-state index contributed by atoms with van der Waals surface area (Å²) < 4.78 is 13.2. The normalized spacial score (nSPS) is 10.6. The van der Waals surface area contributed by atoms with Gasteiger partial charge in [-0.2, -0.15) is 0 Å². The van der Waals surface area contributed by atoms with Crippen molar-refractivity contribution in [2.75, 3.05) is 11.9 Å². The van der Waals surface area contributed by atoms with Gasteiger partial charge in [-0.1, -0.05) is 13.8 Å². The van der Waals surface area contributed by atoms with Gasteiger partial charge in [0.1, 0.15) is 11.5 Å². The Hall–Kier alpha value is -1.65. The molecule has 0 atom stereocenters. The standard InChI is InChI=1S/C11H15FN2O2/c1-7(2)6-13-10-4-8(3)9(12)5-11(10)14(15)16/h4-5,7,13H,6H2,1-3H3. The second kappa shape index (κ2) is 4.92. The molecule has 0 fully saturated rings. The van der Waals surface area contributed by atoms with Crippen molar-refractivity contribution in [2.45, 2.75) is 20.8 Å². The Kier molecular flexibility index (Phi) is 3.82. The molecule has 0 amide bonds. The first kappa shape index (κ1) is 12.4. The fraction of sp³-hybridized carbons (Fsp3) is 0.455. The van der Waals surface area contributed by atoms with Gasteiger partial charge in [0.15, 0.2) is 0 Å². The average Bonchev–Trinajstić information content (AvgIpc) is 2.18. The quantitative estimate of drug-likeness (QED) is 0.634. The summed E-state index contributed by atoms with van der Waals surface area (Å²) in [4.78, 5) is 10.2. The zero-order chi connectivity index (χ0) is 12.3. The van der Waals surface area contributed by atoms with E-state index < -0.39 is 10.7 Å². The Morgan fingerprint density at radius 2 is 2.12 bits per heavy atom. The van der Waals surface area contributed by atoms with Crippen molar-refractivity contribution in [1.82, 2.24) is 0 Å². The van der Waals surface area contributed by atoms with E-state index in [9.17, 15) is 14.5 Å². The van der Waals surface area contributed by atoms with Crippen LogP contribution in [0.2, 0.25) is 0 Å². The van der Waals surface area contributed by atoms with Crippen LogP contribution >= 0.6 is 0 Å². The zero-order valence-electron chi connectivity index (χ0n) is 9.58. The fourth-order valence-electron chi connectivity index (χ4n) is 1.28. The molecule has 1 rings (SSSR count). The molecule has 1 aromatic carbocycles. The number of nitro groups is 1. The number of halogens is 1. The van der Waals surface area contributed by atoms with Gasteiger partial charge in [-0.25, -0.2) is 4.39 Å². The van der Waals surface area contributed by atoms with E-state index in [0.717, 1.165) is 6.07 Å². The molecule has 5 heteroatoms. The summed E-state index contributed by atoms with van der Waals surface area (Å²) in [6.45, 7) is 6.19. The van der Waals surface area contributed by atoms with E-state index in [1.807, 2.05) is 13.8 Å². The molecule has 1 aromatic rings. The lowest BCUT2D eigenvalue weighted by Crippen LogP contribution is -2.10. The molecule has 0 aliphatic carbocycles. The van der Waals surface area contributed by atoms with E-state index in [4.69, 9.17) is 0 Å². The molecule has 0 aliphatic heterocycles. The molecule has 0 aromatic heterocycles. The van der Waals surface area contributed by atoms with Gasteiger partial charge in [0.2, 0.25) is 0 Å². The van der Waals surface area contributed by atoms with E-state index in [1.54, 1.807) is 6.92 Å². The first-order valence-electron chi connectivity index (χ1n) is 5.10. The molecule has 0 bridgehead atoms. The lowest BCUT2D eigenvalue weighted by atomic mass is 10.1. The summed E-state index contributed by atoms with van der Waals surface area (Å²) in [5.74, 6) is -0.188. The minimum atomic E-state index is -0.578. The van der Waals surface area contributed by atoms with E-state index >= 15 is 0 Å². The van der Waals surface area contributed by atoms with Crippen LogP contribution in [0.25, 0.3) is 0 Å². The molecule has 88 valence electrons. The minimum absolute atomic E-state index is 0.219. The number of nitro benzene ring substituents is 1. The van der Waals surface area contributed by atoms with Crippen molar-refractivity contribution in [3.63, 3.8) is 0 Å². The molecule has 4 nitrogen and oxygen atoms in total. The van der Waals surface area contributed by atoms with E-state index in [2.05, 4.69) is 5.32 Å². The maximum atomic E-state index is 13.2. The van der Waals surface area contributed by atoms with Gasteiger partial charge in [0.05, 0.1) is 11.0 Å². The summed E-state index contributed by atoms with van der Waals surface area (Å²) in [7, 11) is 0. The molecule has 0 aliphatic rings. The highest BCUT2D eigenvalue weighted by molar-refractivity contribution is 5.63. The van der Waals surface area contributed by atoms with Crippen molar-refractivity contribution in [3.8, 4) is 0 Å². The van der Waals surface area contributed by atoms with Crippen LogP contribution in [-0.2, 0) is 0 Å². The summed E-state index contributed by atoms with van der Waals surface area (Å²) in [5.41, 5.74) is 0.554. The second-order valence-corrected chi connectivity index (χ2v) is 4.15. The predicted molar refractivity (Wildman–Crippen MR) is 61.1 cm³/mol. The minimum Gasteiger partial charge on any atom is -0.379 e. The summed E-state index contributed by atoms with van der Waals surface area (Å²) in [6.07, 6.45) is 0. The third-order valence-electron chi connectivity index (χ3n) is 2.17. The van der Waals surface area contributed by atoms with Crippen molar-refractivity contribution in [1.29, 1.82) is 0 Å². The van der Waals surface area contributed by atoms with Gasteiger partial charge < -0.3 is 5.32 Å². The Labute approximate surface area is 93.6 Å².